The number of hydrogen-bond donors (Lipinski definition) is 2. The van der Waals surface area contributed by atoms with Crippen LogP contribution in [0.3, 0.4) is 0 Å². The number of aliphatic carboxylic acids is 1. The molecule has 0 bridgehead atoms. The molecular formula is C25H21NO4S. The van der Waals surface area contributed by atoms with E-state index in [0.717, 1.165) is 21.5 Å². The molecular weight excluding hydrogens is 410 g/mol. The van der Waals surface area contributed by atoms with E-state index in [1.165, 1.54) is 0 Å². The van der Waals surface area contributed by atoms with Crippen LogP contribution in [0.1, 0.15) is 16.8 Å². The summed E-state index contributed by atoms with van der Waals surface area (Å²) in [7, 11) is -1.34. The standard InChI is InChI=1S/C25H21NO4S/c27-24(26-22(25(28)29)14-15-31(30)19-10-2-1-3-11-19)23-20-12-6-4-8-17(20)16-18-9-5-7-13-21(18)23/h1-13,16,22H,14-15H2,(H,26,27)(H,28,29)/t22-,31-/m1/s1. The smallest absolute Gasteiger partial charge is 0.326 e. The van der Waals surface area contributed by atoms with Crippen molar-refractivity contribution in [3.63, 3.8) is 0 Å². The molecule has 4 rings (SSSR count). The van der Waals surface area contributed by atoms with Crippen LogP contribution in [0.25, 0.3) is 21.5 Å². The highest BCUT2D eigenvalue weighted by molar-refractivity contribution is 7.85. The summed E-state index contributed by atoms with van der Waals surface area (Å²) in [5.41, 5.74) is 0.448. The van der Waals surface area contributed by atoms with E-state index in [-0.39, 0.29) is 12.2 Å². The quantitative estimate of drug-likeness (QED) is 0.426. The number of benzene rings is 4. The first-order valence-electron chi connectivity index (χ1n) is 9.92. The summed E-state index contributed by atoms with van der Waals surface area (Å²) in [4.78, 5) is 25.7. The average Bonchev–Trinajstić information content (AvgIpc) is 2.80. The predicted octanol–water partition coefficient (Wildman–Crippen LogP) is 4.37. The van der Waals surface area contributed by atoms with Crippen LogP contribution < -0.4 is 5.32 Å². The molecule has 0 aliphatic rings. The fourth-order valence-electron chi connectivity index (χ4n) is 3.66. The van der Waals surface area contributed by atoms with Gasteiger partial charge in [-0.1, -0.05) is 66.7 Å². The molecule has 5 nitrogen and oxygen atoms in total. The van der Waals surface area contributed by atoms with Crippen LogP contribution >= 0.6 is 0 Å². The van der Waals surface area contributed by atoms with Crippen molar-refractivity contribution in [2.75, 3.05) is 5.75 Å². The first kappa shape index (κ1) is 20.8. The minimum absolute atomic E-state index is 0.0608. The third-order valence-electron chi connectivity index (χ3n) is 5.20. The van der Waals surface area contributed by atoms with Gasteiger partial charge < -0.3 is 10.4 Å². The van der Waals surface area contributed by atoms with Crippen LogP contribution in [0.15, 0.2) is 89.8 Å². The maximum Gasteiger partial charge on any atom is 0.326 e. The van der Waals surface area contributed by atoms with Crippen LogP contribution in [0.2, 0.25) is 0 Å². The van der Waals surface area contributed by atoms with E-state index in [9.17, 15) is 18.9 Å². The lowest BCUT2D eigenvalue weighted by Gasteiger charge is -2.17. The highest BCUT2D eigenvalue weighted by Gasteiger charge is 2.24. The Balaban J connectivity index is 1.61. The molecule has 4 aromatic rings. The van der Waals surface area contributed by atoms with Crippen LogP contribution in [0, 0.1) is 0 Å². The number of carboxylic acids is 1. The van der Waals surface area contributed by atoms with E-state index >= 15 is 0 Å². The van der Waals surface area contributed by atoms with Crippen molar-refractivity contribution in [1.29, 1.82) is 0 Å². The zero-order valence-electron chi connectivity index (χ0n) is 16.7. The van der Waals surface area contributed by atoms with Crippen molar-refractivity contribution in [2.45, 2.75) is 17.4 Å². The molecule has 0 aromatic heterocycles. The Labute approximate surface area is 182 Å². The van der Waals surface area contributed by atoms with E-state index in [4.69, 9.17) is 0 Å². The summed E-state index contributed by atoms with van der Waals surface area (Å²) >= 11 is 0. The van der Waals surface area contributed by atoms with Crippen LogP contribution in [0.4, 0.5) is 0 Å². The van der Waals surface area contributed by atoms with E-state index < -0.39 is 28.7 Å². The van der Waals surface area contributed by atoms with Gasteiger partial charge in [-0.05, 0) is 46.2 Å². The van der Waals surface area contributed by atoms with E-state index in [0.29, 0.717) is 10.5 Å². The van der Waals surface area contributed by atoms with Gasteiger partial charge >= 0.3 is 5.97 Å². The lowest BCUT2D eigenvalue weighted by atomic mass is 9.96. The van der Waals surface area contributed by atoms with Crippen molar-refractivity contribution in [3.05, 3.63) is 90.5 Å². The van der Waals surface area contributed by atoms with Gasteiger partial charge in [-0.15, -0.1) is 0 Å². The maximum atomic E-state index is 13.3. The molecule has 0 heterocycles. The first-order chi connectivity index (χ1) is 15.0. The Morgan fingerprint density at radius 2 is 1.39 bits per heavy atom. The number of rotatable bonds is 7. The maximum absolute atomic E-state index is 13.3. The van der Waals surface area contributed by atoms with E-state index in [1.54, 1.807) is 24.3 Å². The van der Waals surface area contributed by atoms with Gasteiger partial charge in [0.1, 0.15) is 6.04 Å². The number of hydrogen-bond acceptors (Lipinski definition) is 3. The van der Waals surface area contributed by atoms with Crippen molar-refractivity contribution < 1.29 is 18.9 Å². The van der Waals surface area contributed by atoms with E-state index in [2.05, 4.69) is 5.32 Å². The zero-order chi connectivity index (χ0) is 21.8. The molecule has 0 aliphatic heterocycles. The van der Waals surface area contributed by atoms with Crippen molar-refractivity contribution in [1.82, 2.24) is 5.32 Å². The summed E-state index contributed by atoms with van der Waals surface area (Å²) in [5, 5.41) is 15.6. The molecule has 0 saturated heterocycles. The van der Waals surface area contributed by atoms with Crippen molar-refractivity contribution in [2.24, 2.45) is 0 Å². The van der Waals surface area contributed by atoms with Gasteiger partial charge in [0, 0.05) is 10.6 Å². The molecule has 6 heteroatoms. The molecule has 0 fully saturated rings. The predicted molar refractivity (Wildman–Crippen MR) is 123 cm³/mol. The van der Waals surface area contributed by atoms with Crippen LogP contribution in [-0.4, -0.2) is 33.0 Å². The molecule has 0 unspecified atom stereocenters. The highest BCUT2D eigenvalue weighted by Crippen LogP contribution is 2.28. The second-order valence-corrected chi connectivity index (χ2v) is 8.78. The number of amides is 1. The number of carbonyl (C=O) groups is 2. The van der Waals surface area contributed by atoms with Gasteiger partial charge in [0.15, 0.2) is 0 Å². The Morgan fingerprint density at radius 3 is 1.97 bits per heavy atom. The summed E-state index contributed by atoms with van der Waals surface area (Å²) in [6.45, 7) is 0. The van der Waals surface area contributed by atoms with Crippen LogP contribution in [-0.2, 0) is 15.6 Å². The van der Waals surface area contributed by atoms with Crippen LogP contribution in [0.5, 0.6) is 0 Å². The third-order valence-corrected chi connectivity index (χ3v) is 6.60. The Bertz CT molecular complexity index is 1230. The fourth-order valence-corrected chi connectivity index (χ4v) is 4.81. The molecule has 0 radical (unpaired) electrons. The van der Waals surface area contributed by atoms with Gasteiger partial charge in [0.2, 0.25) is 0 Å². The molecule has 4 aromatic carbocycles. The molecule has 2 atom stereocenters. The second-order valence-electron chi connectivity index (χ2n) is 7.21. The minimum atomic E-state index is -1.34. The second kappa shape index (κ2) is 9.10. The minimum Gasteiger partial charge on any atom is -0.480 e. The molecule has 1 amide bonds. The number of fused-ring (bicyclic) bond motifs is 2. The average molecular weight is 432 g/mol. The Hall–Kier alpha value is -3.51. The first-order valence-corrected chi connectivity index (χ1v) is 11.2. The summed E-state index contributed by atoms with van der Waals surface area (Å²) in [6.07, 6.45) is 0.0608. The van der Waals surface area contributed by atoms with Gasteiger partial charge in [-0.25, -0.2) is 4.79 Å². The fraction of sp³-hybridized carbons (Fsp3) is 0.120. The third kappa shape index (κ3) is 4.49. The van der Waals surface area contributed by atoms with Gasteiger partial charge in [0.05, 0.1) is 16.4 Å². The number of nitrogens with one attached hydrogen (secondary N) is 1. The molecule has 0 saturated carbocycles. The largest absolute Gasteiger partial charge is 0.480 e. The monoisotopic (exact) mass is 431 g/mol. The van der Waals surface area contributed by atoms with Crippen molar-refractivity contribution >= 4 is 44.2 Å². The molecule has 0 spiro atoms. The van der Waals surface area contributed by atoms with Crippen molar-refractivity contribution in [3.8, 4) is 0 Å². The topological polar surface area (TPSA) is 83.5 Å². The number of carbonyl (C=O) groups excluding carboxylic acids is 1. The number of carboxylic acid groups (broad SMARTS) is 1. The molecule has 0 aliphatic carbocycles. The Kier molecular flexibility index (Phi) is 6.09. The Morgan fingerprint density at radius 1 is 0.839 bits per heavy atom. The molecule has 156 valence electrons. The van der Waals surface area contributed by atoms with Gasteiger partial charge in [-0.3, -0.25) is 9.00 Å². The summed E-state index contributed by atoms with van der Waals surface area (Å²) in [6, 6.07) is 24.8. The zero-order valence-corrected chi connectivity index (χ0v) is 17.5. The van der Waals surface area contributed by atoms with Gasteiger partial charge in [0.25, 0.3) is 5.91 Å². The normalized spacial score (nSPS) is 13.0. The van der Waals surface area contributed by atoms with Gasteiger partial charge in [-0.2, -0.15) is 0 Å². The lowest BCUT2D eigenvalue weighted by molar-refractivity contribution is -0.139. The highest BCUT2D eigenvalue weighted by atomic mass is 32.2. The summed E-state index contributed by atoms with van der Waals surface area (Å²) < 4.78 is 12.5. The molecule has 31 heavy (non-hydrogen) atoms. The van der Waals surface area contributed by atoms with E-state index in [1.807, 2.05) is 60.7 Å². The lowest BCUT2D eigenvalue weighted by Crippen LogP contribution is -2.41. The SMILES string of the molecule is O=C(N[C@H](CC[S@@](=O)c1ccccc1)C(=O)O)c1c2ccccc2cc2ccccc12. The summed E-state index contributed by atoms with van der Waals surface area (Å²) in [5.74, 6) is -1.47. The molecule has 2 N–H and O–H groups in total.